The number of fused-ring (bicyclic) bond motifs is 2. The minimum absolute atomic E-state index is 0.0918. The molecule has 0 aromatic rings. The highest BCUT2D eigenvalue weighted by molar-refractivity contribution is 5.92. The van der Waals surface area contributed by atoms with Gasteiger partial charge in [-0.2, -0.15) is 0 Å². The number of carbonyl (C=O) groups excluding carboxylic acids is 1. The SMILES string of the molecule is O=C(O)CCC[C@]1(O)O[C@@]2(CCCC2=O)[C@]2(O)CCC[C@@]21O. The van der Waals surface area contributed by atoms with Gasteiger partial charge in [0.25, 0.3) is 0 Å². The van der Waals surface area contributed by atoms with E-state index in [0.29, 0.717) is 12.8 Å². The van der Waals surface area contributed by atoms with Crippen molar-refractivity contribution < 1.29 is 34.8 Å². The van der Waals surface area contributed by atoms with Crippen LogP contribution in [-0.4, -0.2) is 54.8 Å². The Morgan fingerprint density at radius 3 is 2.36 bits per heavy atom. The van der Waals surface area contributed by atoms with Gasteiger partial charge < -0.3 is 25.2 Å². The van der Waals surface area contributed by atoms with E-state index in [1.54, 1.807) is 0 Å². The molecule has 3 fully saturated rings. The first-order chi connectivity index (χ1) is 10.2. The van der Waals surface area contributed by atoms with Crippen LogP contribution in [0, 0.1) is 0 Å². The molecule has 1 saturated heterocycles. The van der Waals surface area contributed by atoms with Crippen LogP contribution in [0.25, 0.3) is 0 Å². The summed E-state index contributed by atoms with van der Waals surface area (Å²) in [6.07, 6.45) is 1.64. The van der Waals surface area contributed by atoms with Crippen LogP contribution >= 0.6 is 0 Å². The number of carboxylic acid groups (broad SMARTS) is 1. The zero-order valence-electron chi connectivity index (χ0n) is 12.4. The Balaban J connectivity index is 1.96. The predicted octanol–water partition coefficient (Wildman–Crippen LogP) is 0.0980. The quantitative estimate of drug-likeness (QED) is 0.580. The van der Waals surface area contributed by atoms with Gasteiger partial charge in [-0.05, 0) is 38.5 Å². The summed E-state index contributed by atoms with van der Waals surface area (Å²) in [7, 11) is 0. The summed E-state index contributed by atoms with van der Waals surface area (Å²) in [5, 5.41) is 41.7. The number of hydrogen-bond donors (Lipinski definition) is 4. The maximum Gasteiger partial charge on any atom is 0.303 e. The van der Waals surface area contributed by atoms with E-state index in [0.717, 1.165) is 0 Å². The lowest BCUT2D eigenvalue weighted by atomic mass is 9.71. The van der Waals surface area contributed by atoms with Gasteiger partial charge in [-0.15, -0.1) is 0 Å². The summed E-state index contributed by atoms with van der Waals surface area (Å²) >= 11 is 0. The summed E-state index contributed by atoms with van der Waals surface area (Å²) < 4.78 is 5.68. The van der Waals surface area contributed by atoms with Crippen molar-refractivity contribution in [3.05, 3.63) is 0 Å². The minimum atomic E-state index is -2.09. The van der Waals surface area contributed by atoms with Crippen molar-refractivity contribution in [2.75, 3.05) is 0 Å². The number of aliphatic hydroxyl groups is 3. The number of ketones is 1. The number of ether oxygens (including phenoxy) is 1. The molecule has 124 valence electrons. The van der Waals surface area contributed by atoms with Crippen LogP contribution in [0.5, 0.6) is 0 Å². The van der Waals surface area contributed by atoms with Gasteiger partial charge >= 0.3 is 5.97 Å². The molecule has 1 spiro atoms. The minimum Gasteiger partial charge on any atom is -0.481 e. The largest absolute Gasteiger partial charge is 0.481 e. The van der Waals surface area contributed by atoms with Crippen LogP contribution in [0.15, 0.2) is 0 Å². The maximum atomic E-state index is 12.4. The monoisotopic (exact) mass is 314 g/mol. The average Bonchev–Trinajstić information content (AvgIpc) is 2.97. The van der Waals surface area contributed by atoms with Gasteiger partial charge in [-0.1, -0.05) is 0 Å². The second kappa shape index (κ2) is 4.74. The van der Waals surface area contributed by atoms with Crippen molar-refractivity contribution >= 4 is 11.8 Å². The highest BCUT2D eigenvalue weighted by Crippen LogP contribution is 2.63. The second-order valence-electron chi connectivity index (χ2n) is 6.81. The number of aliphatic carboxylic acids is 1. The van der Waals surface area contributed by atoms with E-state index in [4.69, 9.17) is 9.84 Å². The lowest BCUT2D eigenvalue weighted by Crippen LogP contribution is -2.64. The first kappa shape index (κ1) is 15.9. The third-order valence-corrected chi connectivity index (χ3v) is 5.71. The maximum absolute atomic E-state index is 12.4. The molecule has 2 saturated carbocycles. The molecule has 1 aliphatic heterocycles. The molecule has 7 heteroatoms. The molecule has 4 atom stereocenters. The third-order valence-electron chi connectivity index (χ3n) is 5.71. The first-order valence-electron chi connectivity index (χ1n) is 7.83. The molecular weight excluding hydrogens is 292 g/mol. The van der Waals surface area contributed by atoms with Crippen LogP contribution in [0.2, 0.25) is 0 Å². The fourth-order valence-electron chi connectivity index (χ4n) is 4.65. The molecule has 0 amide bonds. The van der Waals surface area contributed by atoms with E-state index in [1.807, 2.05) is 0 Å². The number of carbonyl (C=O) groups is 2. The number of rotatable bonds is 4. The summed E-state index contributed by atoms with van der Waals surface area (Å²) in [5.41, 5.74) is -5.29. The van der Waals surface area contributed by atoms with E-state index < -0.39 is 28.6 Å². The lowest BCUT2D eigenvalue weighted by Gasteiger charge is -2.40. The van der Waals surface area contributed by atoms with E-state index >= 15 is 0 Å². The summed E-state index contributed by atoms with van der Waals surface area (Å²) in [6, 6.07) is 0. The normalized spacial score (nSPS) is 47.3. The fraction of sp³-hybridized carbons (Fsp3) is 0.867. The Morgan fingerprint density at radius 2 is 1.77 bits per heavy atom. The molecule has 0 unspecified atom stereocenters. The first-order valence-corrected chi connectivity index (χ1v) is 7.83. The van der Waals surface area contributed by atoms with Crippen molar-refractivity contribution in [3.63, 3.8) is 0 Å². The predicted molar refractivity (Wildman–Crippen MR) is 72.9 cm³/mol. The zero-order chi connectivity index (χ0) is 16.2. The average molecular weight is 314 g/mol. The van der Waals surface area contributed by atoms with Crippen molar-refractivity contribution in [2.24, 2.45) is 0 Å². The fourth-order valence-corrected chi connectivity index (χ4v) is 4.65. The lowest BCUT2D eigenvalue weighted by molar-refractivity contribution is -0.279. The molecule has 0 aromatic heterocycles. The van der Waals surface area contributed by atoms with Crippen LogP contribution < -0.4 is 0 Å². The number of carboxylic acids is 1. The molecule has 0 aromatic carbocycles. The van der Waals surface area contributed by atoms with E-state index in [9.17, 15) is 24.9 Å². The Morgan fingerprint density at radius 1 is 1.09 bits per heavy atom. The molecule has 1 heterocycles. The number of Topliss-reactive ketones (excluding diaryl/α,β-unsaturated/α-hetero) is 1. The highest BCUT2D eigenvalue weighted by atomic mass is 16.7. The standard InChI is InChI=1S/C15H22O7/c16-10-4-1-6-12(10)13(19)7-3-8-14(13,20)15(21,22-12)9-2-5-11(17)18/h19-21H,1-9H2,(H,17,18)/t12-,13-,14-,15+/m1/s1. The summed E-state index contributed by atoms with van der Waals surface area (Å²) in [4.78, 5) is 23.0. The van der Waals surface area contributed by atoms with Gasteiger partial charge in [-0.3, -0.25) is 9.59 Å². The van der Waals surface area contributed by atoms with Gasteiger partial charge in [0.05, 0.1) is 0 Å². The van der Waals surface area contributed by atoms with Crippen molar-refractivity contribution in [2.45, 2.75) is 80.4 Å². The van der Waals surface area contributed by atoms with E-state index in [-0.39, 0.29) is 50.7 Å². The molecule has 3 rings (SSSR count). The molecule has 3 aliphatic rings. The zero-order valence-corrected chi connectivity index (χ0v) is 12.4. The van der Waals surface area contributed by atoms with E-state index in [1.165, 1.54) is 0 Å². The van der Waals surface area contributed by atoms with Crippen LogP contribution in [0.3, 0.4) is 0 Å². The van der Waals surface area contributed by atoms with Gasteiger partial charge in [-0.25, -0.2) is 0 Å². The Kier molecular flexibility index (Phi) is 3.41. The van der Waals surface area contributed by atoms with Crippen LogP contribution in [0.4, 0.5) is 0 Å². The number of hydrogen-bond acceptors (Lipinski definition) is 6. The molecule has 0 bridgehead atoms. The topological polar surface area (TPSA) is 124 Å². The molecular formula is C15H22O7. The smallest absolute Gasteiger partial charge is 0.303 e. The van der Waals surface area contributed by atoms with Crippen LogP contribution in [0.1, 0.15) is 57.8 Å². The van der Waals surface area contributed by atoms with Gasteiger partial charge in [0.15, 0.2) is 17.2 Å². The van der Waals surface area contributed by atoms with Crippen molar-refractivity contribution in [3.8, 4) is 0 Å². The highest BCUT2D eigenvalue weighted by Gasteiger charge is 2.82. The Hall–Kier alpha value is -1.02. The molecule has 0 radical (unpaired) electrons. The van der Waals surface area contributed by atoms with E-state index in [2.05, 4.69) is 0 Å². The van der Waals surface area contributed by atoms with Crippen LogP contribution in [-0.2, 0) is 14.3 Å². The molecule has 4 N–H and O–H groups in total. The molecule has 7 nitrogen and oxygen atoms in total. The summed E-state index contributed by atoms with van der Waals surface area (Å²) in [5.74, 6) is -3.39. The third kappa shape index (κ3) is 1.71. The van der Waals surface area contributed by atoms with Gasteiger partial charge in [0, 0.05) is 19.3 Å². The van der Waals surface area contributed by atoms with Gasteiger partial charge in [0.2, 0.25) is 0 Å². The molecule has 2 aliphatic carbocycles. The Labute approximate surface area is 127 Å². The van der Waals surface area contributed by atoms with Crippen molar-refractivity contribution in [1.82, 2.24) is 0 Å². The summed E-state index contributed by atoms with van der Waals surface area (Å²) in [6.45, 7) is 0. The van der Waals surface area contributed by atoms with Crippen molar-refractivity contribution in [1.29, 1.82) is 0 Å². The molecule has 22 heavy (non-hydrogen) atoms. The second-order valence-corrected chi connectivity index (χ2v) is 6.81. The Bertz CT molecular complexity index is 520. The van der Waals surface area contributed by atoms with Gasteiger partial charge in [0.1, 0.15) is 11.2 Å².